The lowest BCUT2D eigenvalue weighted by molar-refractivity contribution is 0.0233. The van der Waals surface area contributed by atoms with Gasteiger partial charge in [0.25, 0.3) is 11.8 Å². The minimum Gasteiger partial charge on any atom is -0.444 e. The van der Waals surface area contributed by atoms with Gasteiger partial charge in [0.1, 0.15) is 5.60 Å². The number of aryl methyl sites for hydroxylation is 1. The quantitative estimate of drug-likeness (QED) is 0.305. The van der Waals surface area contributed by atoms with E-state index in [0.29, 0.717) is 30.8 Å². The number of hydrogen-bond acceptors (Lipinski definition) is 4. The summed E-state index contributed by atoms with van der Waals surface area (Å²) in [5.41, 5.74) is 5.06. The molecule has 0 aliphatic carbocycles. The van der Waals surface area contributed by atoms with E-state index in [1.807, 2.05) is 70.3 Å². The van der Waals surface area contributed by atoms with Gasteiger partial charge in [0.15, 0.2) is 0 Å². The van der Waals surface area contributed by atoms with Crippen LogP contribution in [0.25, 0.3) is 43.6 Å². The van der Waals surface area contributed by atoms with E-state index < -0.39 is 5.60 Å². The number of amides is 3. The molecule has 0 spiro atoms. The highest BCUT2D eigenvalue weighted by atomic mass is 16.6. The minimum atomic E-state index is -0.590. The van der Waals surface area contributed by atoms with Crippen molar-refractivity contribution in [3.8, 4) is 0 Å². The second-order valence-electron chi connectivity index (χ2n) is 10.9. The molecule has 0 saturated carbocycles. The average Bonchev–Trinajstić information content (AvgIpc) is 3.36. The molecule has 2 aliphatic rings. The van der Waals surface area contributed by atoms with Gasteiger partial charge in [-0.1, -0.05) is 36.4 Å². The van der Waals surface area contributed by atoms with Gasteiger partial charge in [-0.25, -0.2) is 4.79 Å². The van der Waals surface area contributed by atoms with Gasteiger partial charge < -0.3 is 18.8 Å². The fourth-order valence-electron chi connectivity index (χ4n) is 6.18. The zero-order valence-corrected chi connectivity index (χ0v) is 21.1. The highest BCUT2D eigenvalue weighted by Gasteiger charge is 2.37. The van der Waals surface area contributed by atoms with Gasteiger partial charge in [0.05, 0.1) is 34.2 Å². The molecular formula is C29H26N4O4. The summed E-state index contributed by atoms with van der Waals surface area (Å²) in [6, 6.07) is 13.9. The number of para-hydroxylation sites is 2. The molecule has 2 aromatic heterocycles. The third-order valence-corrected chi connectivity index (χ3v) is 7.53. The first-order valence-electron chi connectivity index (χ1n) is 12.5. The summed E-state index contributed by atoms with van der Waals surface area (Å²) in [4.78, 5) is 41.2. The maximum Gasteiger partial charge on any atom is 0.410 e. The number of ether oxygens (including phenoxy) is 1. The van der Waals surface area contributed by atoms with Crippen molar-refractivity contribution in [2.24, 2.45) is 7.05 Å². The Morgan fingerprint density at radius 3 is 2.27 bits per heavy atom. The van der Waals surface area contributed by atoms with E-state index in [2.05, 4.69) is 14.5 Å². The van der Waals surface area contributed by atoms with Crippen molar-refractivity contribution in [1.29, 1.82) is 0 Å². The summed E-state index contributed by atoms with van der Waals surface area (Å²) in [6.07, 6.45) is -0.347. The highest BCUT2D eigenvalue weighted by molar-refractivity contribution is 6.39. The van der Waals surface area contributed by atoms with Crippen LogP contribution in [0.5, 0.6) is 0 Å². The first-order valence-corrected chi connectivity index (χ1v) is 12.5. The van der Waals surface area contributed by atoms with Crippen molar-refractivity contribution in [2.75, 3.05) is 6.54 Å². The Balaban J connectivity index is 1.61. The van der Waals surface area contributed by atoms with Crippen molar-refractivity contribution in [1.82, 2.24) is 19.4 Å². The monoisotopic (exact) mass is 494 g/mol. The molecule has 1 N–H and O–H groups in total. The number of rotatable bonds is 0. The summed E-state index contributed by atoms with van der Waals surface area (Å²) in [7, 11) is 2.00. The number of imide groups is 1. The molecule has 0 radical (unpaired) electrons. The molecule has 0 atom stereocenters. The maximum absolute atomic E-state index is 13.2. The second-order valence-corrected chi connectivity index (χ2v) is 10.9. The summed E-state index contributed by atoms with van der Waals surface area (Å²) in [5.74, 6) is -0.722. The predicted octanol–water partition coefficient (Wildman–Crippen LogP) is 5.07. The van der Waals surface area contributed by atoms with Gasteiger partial charge in [-0.3, -0.25) is 14.9 Å². The van der Waals surface area contributed by atoms with Gasteiger partial charge in [0.2, 0.25) is 0 Å². The number of nitrogens with zero attached hydrogens (tertiary/aromatic N) is 3. The molecule has 37 heavy (non-hydrogen) atoms. The largest absolute Gasteiger partial charge is 0.444 e. The van der Waals surface area contributed by atoms with Crippen molar-refractivity contribution in [2.45, 2.75) is 39.5 Å². The number of hydrogen-bond donors (Lipinski definition) is 1. The fraction of sp³-hybridized carbons (Fsp3) is 0.276. The molecule has 3 amide bonds. The van der Waals surface area contributed by atoms with Crippen LogP contribution in [0.15, 0.2) is 42.5 Å². The van der Waals surface area contributed by atoms with Crippen LogP contribution in [0.3, 0.4) is 0 Å². The van der Waals surface area contributed by atoms with E-state index in [1.54, 1.807) is 4.90 Å². The third kappa shape index (κ3) is 2.86. The molecule has 0 unspecified atom stereocenters. The average molecular weight is 495 g/mol. The topological polar surface area (TPSA) is 85.6 Å². The third-order valence-electron chi connectivity index (χ3n) is 7.53. The number of fused-ring (bicyclic) bond motifs is 10. The molecule has 7 rings (SSSR count). The van der Waals surface area contributed by atoms with Crippen LogP contribution in [-0.2, 0) is 24.9 Å². The zero-order valence-electron chi connectivity index (χ0n) is 21.1. The van der Waals surface area contributed by atoms with Crippen molar-refractivity contribution < 1.29 is 19.1 Å². The Morgan fingerprint density at radius 2 is 1.54 bits per heavy atom. The van der Waals surface area contributed by atoms with Gasteiger partial charge in [0, 0.05) is 47.2 Å². The molecule has 4 heterocycles. The number of benzene rings is 3. The Kier molecular flexibility index (Phi) is 4.22. The second kappa shape index (κ2) is 7.12. The lowest BCUT2D eigenvalue weighted by Crippen LogP contribution is -2.37. The smallest absolute Gasteiger partial charge is 0.410 e. The SMILES string of the molecule is Cn1c2ccccc2c2c3c(c4c5cccc6c5n(c4c21)CCN(C(=O)OC(C)(C)C)C6)C(=O)NC3=O. The van der Waals surface area contributed by atoms with Crippen LogP contribution in [0, 0.1) is 0 Å². The van der Waals surface area contributed by atoms with Crippen LogP contribution in [-0.4, -0.2) is 44.1 Å². The maximum atomic E-state index is 13.2. The van der Waals surface area contributed by atoms with Crippen LogP contribution in [0.4, 0.5) is 4.79 Å². The van der Waals surface area contributed by atoms with E-state index in [9.17, 15) is 14.4 Å². The number of carbonyl (C=O) groups is 3. The van der Waals surface area contributed by atoms with Gasteiger partial charge in [-0.15, -0.1) is 0 Å². The molecule has 3 aromatic carbocycles. The van der Waals surface area contributed by atoms with Crippen LogP contribution >= 0.6 is 0 Å². The predicted molar refractivity (Wildman–Crippen MR) is 142 cm³/mol. The molecule has 8 nitrogen and oxygen atoms in total. The molecule has 2 aliphatic heterocycles. The number of carbonyl (C=O) groups excluding carboxylic acids is 3. The minimum absolute atomic E-state index is 0.347. The first kappa shape index (κ1) is 21.9. The summed E-state index contributed by atoms with van der Waals surface area (Å²) >= 11 is 0. The van der Waals surface area contributed by atoms with E-state index in [1.165, 1.54) is 0 Å². The Hall–Kier alpha value is -4.33. The van der Waals surface area contributed by atoms with Crippen LogP contribution < -0.4 is 5.32 Å². The lowest BCUT2D eigenvalue weighted by atomic mass is 9.96. The van der Waals surface area contributed by atoms with Gasteiger partial charge >= 0.3 is 6.09 Å². The standard InChI is InChI=1S/C29H26N4O4/c1-29(2,3)37-28(36)32-12-13-33-23-15(14-32)8-7-10-17(23)20-22-21(26(34)30-27(22)35)19-16-9-5-6-11-18(16)31(4)24(19)25(20)33/h5-11H,12-14H2,1-4H3,(H,30,34,35). The number of nitrogens with one attached hydrogen (secondary N) is 1. The van der Waals surface area contributed by atoms with E-state index in [-0.39, 0.29) is 17.9 Å². The van der Waals surface area contributed by atoms with E-state index in [0.717, 1.165) is 49.2 Å². The molecule has 0 bridgehead atoms. The first-order chi connectivity index (χ1) is 17.7. The molecule has 5 aromatic rings. The van der Waals surface area contributed by atoms with Crippen LogP contribution in [0.2, 0.25) is 0 Å². The molecule has 186 valence electrons. The van der Waals surface area contributed by atoms with E-state index in [4.69, 9.17) is 4.74 Å². The van der Waals surface area contributed by atoms with E-state index >= 15 is 0 Å². The van der Waals surface area contributed by atoms with Gasteiger partial charge in [-0.2, -0.15) is 0 Å². The Bertz CT molecular complexity index is 1870. The van der Waals surface area contributed by atoms with Crippen molar-refractivity contribution in [3.05, 3.63) is 59.2 Å². The number of aromatic nitrogens is 2. The van der Waals surface area contributed by atoms with Crippen molar-refractivity contribution in [3.63, 3.8) is 0 Å². The van der Waals surface area contributed by atoms with Crippen LogP contribution in [0.1, 0.15) is 47.1 Å². The summed E-state index contributed by atoms with van der Waals surface area (Å²) in [5, 5.41) is 5.98. The summed E-state index contributed by atoms with van der Waals surface area (Å²) < 4.78 is 10.0. The fourth-order valence-corrected chi connectivity index (χ4v) is 6.18. The normalized spacial score (nSPS) is 15.6. The lowest BCUT2D eigenvalue weighted by Gasteiger charge is -2.26. The van der Waals surface area contributed by atoms with Crippen molar-refractivity contribution >= 4 is 61.5 Å². The Labute approximate surface area is 212 Å². The molecule has 0 saturated heterocycles. The van der Waals surface area contributed by atoms with Gasteiger partial charge in [-0.05, 0) is 32.4 Å². The molecule has 8 heteroatoms. The summed E-state index contributed by atoms with van der Waals surface area (Å²) in [6.45, 7) is 6.98. The Morgan fingerprint density at radius 1 is 0.865 bits per heavy atom. The highest BCUT2D eigenvalue weighted by Crippen LogP contribution is 2.45. The zero-order chi connectivity index (χ0) is 25.8. The molecular weight excluding hydrogens is 468 g/mol. The molecule has 0 fully saturated rings.